The number of amides is 1. The Balaban J connectivity index is 1.61. The Labute approximate surface area is 142 Å². The zero-order valence-electron chi connectivity index (χ0n) is 12.6. The fourth-order valence-electron chi connectivity index (χ4n) is 2.50. The highest BCUT2D eigenvalue weighted by Gasteiger charge is 2.30. The van der Waals surface area contributed by atoms with Crippen LogP contribution in [0.3, 0.4) is 0 Å². The average molecular weight is 360 g/mol. The molecule has 1 amide bonds. The standard InChI is InChI=1S/C15H12N4O5S/c16-25(21,22)9-3-1-8(2-4-9)18-19-14-10-5-12-13(24-7-23-12)6-11(10)17-15(14)20/h1-6,18H,7H2,(H2,16,21,22)(H,17,19,20). The predicted octanol–water partition coefficient (Wildman–Crippen LogP) is 0.831. The van der Waals surface area contributed by atoms with E-state index in [4.69, 9.17) is 14.6 Å². The van der Waals surface area contributed by atoms with Crippen molar-refractivity contribution in [3.63, 3.8) is 0 Å². The molecular weight excluding hydrogens is 348 g/mol. The van der Waals surface area contributed by atoms with Crippen LogP contribution in [-0.4, -0.2) is 26.8 Å². The summed E-state index contributed by atoms with van der Waals surface area (Å²) in [7, 11) is -3.76. The van der Waals surface area contributed by atoms with Gasteiger partial charge in [0.1, 0.15) is 0 Å². The van der Waals surface area contributed by atoms with Gasteiger partial charge in [0.2, 0.25) is 16.8 Å². The van der Waals surface area contributed by atoms with Crippen molar-refractivity contribution < 1.29 is 22.7 Å². The SMILES string of the molecule is NS(=O)(=O)c1ccc(NN=C2C(=O)Nc3cc4c(cc32)OCO4)cc1. The van der Waals surface area contributed by atoms with Gasteiger partial charge < -0.3 is 14.8 Å². The van der Waals surface area contributed by atoms with E-state index in [1.807, 2.05) is 0 Å². The summed E-state index contributed by atoms with van der Waals surface area (Å²) in [5.41, 5.74) is 4.58. The number of sulfonamides is 1. The number of nitrogens with two attached hydrogens (primary N) is 1. The number of nitrogens with zero attached hydrogens (tertiary/aromatic N) is 1. The van der Waals surface area contributed by atoms with Crippen LogP contribution in [0.2, 0.25) is 0 Å². The van der Waals surface area contributed by atoms with Gasteiger partial charge in [-0.25, -0.2) is 13.6 Å². The number of fused-ring (bicyclic) bond motifs is 2. The van der Waals surface area contributed by atoms with Crippen LogP contribution < -0.4 is 25.4 Å². The minimum atomic E-state index is -3.76. The molecule has 2 heterocycles. The van der Waals surface area contributed by atoms with E-state index < -0.39 is 10.0 Å². The third-order valence-electron chi connectivity index (χ3n) is 3.71. The second kappa shape index (κ2) is 5.46. The summed E-state index contributed by atoms with van der Waals surface area (Å²) in [6.07, 6.45) is 0. The summed E-state index contributed by atoms with van der Waals surface area (Å²) in [6.45, 7) is 0.132. The number of primary sulfonamides is 1. The van der Waals surface area contributed by atoms with Crippen LogP contribution in [0.15, 0.2) is 46.4 Å². The van der Waals surface area contributed by atoms with Crippen molar-refractivity contribution in [3.8, 4) is 11.5 Å². The molecule has 2 aromatic carbocycles. The molecule has 0 aromatic heterocycles. The summed E-state index contributed by atoms with van der Waals surface area (Å²) in [4.78, 5) is 12.1. The van der Waals surface area contributed by atoms with Crippen molar-refractivity contribution in [2.75, 3.05) is 17.5 Å². The van der Waals surface area contributed by atoms with Crippen LogP contribution in [0.4, 0.5) is 11.4 Å². The van der Waals surface area contributed by atoms with Crippen molar-refractivity contribution in [1.82, 2.24) is 0 Å². The highest BCUT2D eigenvalue weighted by molar-refractivity contribution is 7.89. The minimum absolute atomic E-state index is 0.0117. The van der Waals surface area contributed by atoms with E-state index in [-0.39, 0.29) is 23.3 Å². The van der Waals surface area contributed by atoms with Crippen LogP contribution in [0.25, 0.3) is 0 Å². The highest BCUT2D eigenvalue weighted by atomic mass is 32.2. The molecule has 0 saturated carbocycles. The second-order valence-electron chi connectivity index (χ2n) is 5.35. The van der Waals surface area contributed by atoms with Crippen LogP contribution in [-0.2, 0) is 14.8 Å². The van der Waals surface area contributed by atoms with E-state index in [9.17, 15) is 13.2 Å². The molecule has 10 heteroatoms. The molecule has 0 radical (unpaired) electrons. The van der Waals surface area contributed by atoms with Gasteiger partial charge in [0.25, 0.3) is 5.91 Å². The Morgan fingerprint density at radius 3 is 2.48 bits per heavy atom. The number of hydrazone groups is 1. The lowest BCUT2D eigenvalue weighted by Crippen LogP contribution is -2.16. The molecule has 0 spiro atoms. The second-order valence-corrected chi connectivity index (χ2v) is 6.91. The lowest BCUT2D eigenvalue weighted by atomic mass is 10.1. The van der Waals surface area contributed by atoms with Crippen molar-refractivity contribution >= 4 is 33.0 Å². The number of carbonyl (C=O) groups excluding carboxylic acids is 1. The molecule has 25 heavy (non-hydrogen) atoms. The molecule has 4 rings (SSSR count). The smallest absolute Gasteiger partial charge is 0.276 e. The van der Waals surface area contributed by atoms with E-state index in [1.165, 1.54) is 24.3 Å². The number of anilines is 2. The Kier molecular flexibility index (Phi) is 3.37. The van der Waals surface area contributed by atoms with Gasteiger partial charge in [0, 0.05) is 11.6 Å². The van der Waals surface area contributed by atoms with Crippen molar-refractivity contribution in [3.05, 3.63) is 42.0 Å². The zero-order chi connectivity index (χ0) is 17.6. The monoisotopic (exact) mass is 360 g/mol. The fraction of sp³-hybridized carbons (Fsp3) is 0.0667. The minimum Gasteiger partial charge on any atom is -0.454 e. The molecular formula is C15H12N4O5S. The molecule has 2 aliphatic rings. The number of nitrogens with one attached hydrogen (secondary N) is 2. The first-order chi connectivity index (χ1) is 11.9. The van der Waals surface area contributed by atoms with E-state index in [2.05, 4.69) is 15.8 Å². The first-order valence-electron chi connectivity index (χ1n) is 7.14. The van der Waals surface area contributed by atoms with Gasteiger partial charge in [-0.3, -0.25) is 10.2 Å². The van der Waals surface area contributed by atoms with E-state index in [1.54, 1.807) is 12.1 Å². The Morgan fingerprint density at radius 1 is 1.12 bits per heavy atom. The molecule has 0 aliphatic carbocycles. The normalized spacial score (nSPS) is 16.7. The van der Waals surface area contributed by atoms with E-state index in [0.29, 0.717) is 28.4 Å². The molecule has 2 aliphatic heterocycles. The fourth-order valence-corrected chi connectivity index (χ4v) is 3.01. The lowest BCUT2D eigenvalue weighted by molar-refractivity contribution is -0.110. The van der Waals surface area contributed by atoms with E-state index in [0.717, 1.165) is 0 Å². The maximum absolute atomic E-state index is 12.1. The van der Waals surface area contributed by atoms with Crippen molar-refractivity contribution in [2.45, 2.75) is 4.90 Å². The van der Waals surface area contributed by atoms with Crippen LogP contribution >= 0.6 is 0 Å². The molecule has 0 saturated heterocycles. The topological polar surface area (TPSA) is 132 Å². The van der Waals surface area contributed by atoms with Crippen molar-refractivity contribution in [2.24, 2.45) is 10.2 Å². The largest absolute Gasteiger partial charge is 0.454 e. The molecule has 0 unspecified atom stereocenters. The lowest BCUT2D eigenvalue weighted by Gasteiger charge is -2.04. The Morgan fingerprint density at radius 2 is 1.80 bits per heavy atom. The molecule has 4 N–H and O–H groups in total. The van der Waals surface area contributed by atoms with Crippen LogP contribution in [0.5, 0.6) is 11.5 Å². The van der Waals surface area contributed by atoms with Gasteiger partial charge in [0.15, 0.2) is 17.2 Å². The third-order valence-corrected chi connectivity index (χ3v) is 4.64. The number of benzene rings is 2. The maximum Gasteiger partial charge on any atom is 0.276 e. The number of carbonyl (C=O) groups is 1. The summed E-state index contributed by atoms with van der Waals surface area (Å²) in [6, 6.07) is 9.05. The quantitative estimate of drug-likeness (QED) is 0.695. The van der Waals surface area contributed by atoms with Gasteiger partial charge in [-0.1, -0.05) is 0 Å². The first kappa shape index (κ1) is 15.4. The number of hydrogen-bond acceptors (Lipinski definition) is 7. The molecule has 128 valence electrons. The molecule has 2 aromatic rings. The maximum atomic E-state index is 12.1. The number of ether oxygens (including phenoxy) is 2. The molecule has 0 fully saturated rings. The van der Waals surface area contributed by atoms with Crippen LogP contribution in [0, 0.1) is 0 Å². The van der Waals surface area contributed by atoms with Gasteiger partial charge in [0.05, 0.1) is 16.3 Å². The summed E-state index contributed by atoms with van der Waals surface area (Å²) in [5, 5.41) is 11.9. The van der Waals surface area contributed by atoms with Gasteiger partial charge in [-0.15, -0.1) is 0 Å². The average Bonchev–Trinajstić information content (AvgIpc) is 3.13. The first-order valence-corrected chi connectivity index (χ1v) is 8.68. The van der Waals surface area contributed by atoms with Gasteiger partial charge in [-0.2, -0.15) is 5.10 Å². The molecule has 0 bridgehead atoms. The van der Waals surface area contributed by atoms with Crippen molar-refractivity contribution in [1.29, 1.82) is 0 Å². The zero-order valence-corrected chi connectivity index (χ0v) is 13.5. The number of hydrogen-bond donors (Lipinski definition) is 3. The summed E-state index contributed by atoms with van der Waals surface area (Å²) < 4.78 is 33.1. The number of rotatable bonds is 3. The summed E-state index contributed by atoms with van der Waals surface area (Å²) in [5.74, 6) is 0.736. The third kappa shape index (κ3) is 2.77. The highest BCUT2D eigenvalue weighted by Crippen LogP contribution is 2.39. The van der Waals surface area contributed by atoms with Crippen LogP contribution in [0.1, 0.15) is 5.56 Å². The van der Waals surface area contributed by atoms with Gasteiger partial charge >= 0.3 is 0 Å². The Hall–Kier alpha value is -3.11. The van der Waals surface area contributed by atoms with E-state index >= 15 is 0 Å². The predicted molar refractivity (Wildman–Crippen MR) is 89.2 cm³/mol. The van der Waals surface area contributed by atoms with Gasteiger partial charge in [-0.05, 0) is 30.3 Å². The Bertz CT molecular complexity index is 1010. The molecule has 0 atom stereocenters. The summed E-state index contributed by atoms with van der Waals surface area (Å²) >= 11 is 0. The molecule has 9 nitrogen and oxygen atoms in total.